The zero-order valence-electron chi connectivity index (χ0n) is 17.0. The van der Waals surface area contributed by atoms with Gasteiger partial charge in [0.15, 0.2) is 5.69 Å². The van der Waals surface area contributed by atoms with Crippen molar-refractivity contribution in [1.82, 2.24) is 24.5 Å². The average Bonchev–Trinajstić information content (AvgIpc) is 3.47. The summed E-state index contributed by atoms with van der Waals surface area (Å²) < 4.78 is 4.65. The predicted octanol–water partition coefficient (Wildman–Crippen LogP) is 4.32. The van der Waals surface area contributed by atoms with Gasteiger partial charge < -0.3 is 0 Å². The quantitative estimate of drug-likeness (QED) is 0.465. The Labute approximate surface area is 188 Å². The minimum Gasteiger partial charge on any atom is -0.288 e. The van der Waals surface area contributed by atoms with Crippen LogP contribution in [0.4, 0.5) is 5.95 Å². The van der Waals surface area contributed by atoms with Crippen LogP contribution in [-0.2, 0) is 19.4 Å². The molecule has 1 aliphatic carbocycles. The number of amides is 1. The van der Waals surface area contributed by atoms with Crippen molar-refractivity contribution in [2.24, 2.45) is 0 Å². The third-order valence-electron chi connectivity index (χ3n) is 5.51. The minimum atomic E-state index is -0.271. The summed E-state index contributed by atoms with van der Waals surface area (Å²) in [6.07, 6.45) is 4.42. The first kappa shape index (κ1) is 19.7. The van der Waals surface area contributed by atoms with Crippen LogP contribution in [0.15, 0.2) is 59.3 Å². The molecular formula is C23H21BrN6O. The molecule has 8 heteroatoms. The van der Waals surface area contributed by atoms with Gasteiger partial charge in [-0.1, -0.05) is 46.3 Å². The molecule has 0 fully saturated rings. The molecule has 0 aliphatic heterocycles. The summed E-state index contributed by atoms with van der Waals surface area (Å²) in [5.74, 6) is 0.00572. The number of nitrogens with zero attached hydrogens (tertiary/aromatic N) is 5. The van der Waals surface area contributed by atoms with E-state index in [-0.39, 0.29) is 11.9 Å². The Hall–Kier alpha value is -3.26. The van der Waals surface area contributed by atoms with E-state index in [2.05, 4.69) is 49.4 Å². The molecule has 0 saturated carbocycles. The summed E-state index contributed by atoms with van der Waals surface area (Å²) in [7, 11) is 0. The van der Waals surface area contributed by atoms with Crippen LogP contribution < -0.4 is 5.32 Å². The first-order valence-corrected chi connectivity index (χ1v) is 11.0. The summed E-state index contributed by atoms with van der Waals surface area (Å²) in [5.41, 5.74) is 5.83. The van der Waals surface area contributed by atoms with Gasteiger partial charge in [0.25, 0.3) is 5.91 Å². The normalized spacial score (nSPS) is 12.7. The van der Waals surface area contributed by atoms with E-state index in [1.165, 1.54) is 0 Å². The number of carbonyl (C=O) groups excluding carboxylic acids is 1. The monoisotopic (exact) mass is 476 g/mol. The van der Waals surface area contributed by atoms with Crippen molar-refractivity contribution in [3.05, 3.63) is 87.4 Å². The number of nitrogens with one attached hydrogen (secondary N) is 1. The molecule has 31 heavy (non-hydrogen) atoms. The smallest absolute Gasteiger partial charge is 0.278 e. The number of aryl methyl sites for hydroxylation is 1. The van der Waals surface area contributed by atoms with Gasteiger partial charge >= 0.3 is 0 Å². The third-order valence-corrected chi connectivity index (χ3v) is 6.04. The number of benzene rings is 2. The molecule has 156 valence electrons. The van der Waals surface area contributed by atoms with Gasteiger partial charge in [-0.15, -0.1) is 5.10 Å². The topological polar surface area (TPSA) is 77.6 Å². The minimum absolute atomic E-state index is 0.271. The Balaban J connectivity index is 1.37. The Morgan fingerprint density at radius 1 is 1.10 bits per heavy atom. The summed E-state index contributed by atoms with van der Waals surface area (Å²) in [6, 6.07) is 16.1. The Morgan fingerprint density at radius 2 is 1.90 bits per heavy atom. The van der Waals surface area contributed by atoms with Crippen molar-refractivity contribution in [1.29, 1.82) is 0 Å². The molecule has 1 aliphatic rings. The standard InChI is InChI=1S/C23H21BrN6O/c1-15-5-2-3-7-19(15)30-20-8-4-6-18(20)21(27-30)22(31)26-23-25-14-29(28-23)13-16-9-11-17(24)12-10-16/h2-3,5,7,9-12,14H,4,6,8,13H2,1H3,(H,26,28,31). The van der Waals surface area contributed by atoms with E-state index in [1.807, 2.05) is 47.1 Å². The molecule has 5 rings (SSSR count). The number of rotatable bonds is 5. The first-order chi connectivity index (χ1) is 15.1. The van der Waals surface area contributed by atoms with E-state index in [9.17, 15) is 4.79 Å². The highest BCUT2D eigenvalue weighted by molar-refractivity contribution is 9.10. The maximum Gasteiger partial charge on any atom is 0.278 e. The van der Waals surface area contributed by atoms with Crippen molar-refractivity contribution in [3.8, 4) is 5.69 Å². The molecule has 0 saturated heterocycles. The second-order valence-electron chi connectivity index (χ2n) is 7.67. The maximum atomic E-state index is 13.0. The van der Waals surface area contributed by atoms with Gasteiger partial charge in [-0.05, 0) is 55.5 Å². The lowest BCUT2D eigenvalue weighted by molar-refractivity contribution is 0.102. The van der Waals surface area contributed by atoms with Crippen molar-refractivity contribution >= 4 is 27.8 Å². The molecule has 0 spiro atoms. The highest BCUT2D eigenvalue weighted by Gasteiger charge is 2.27. The lowest BCUT2D eigenvalue weighted by atomic mass is 10.2. The lowest BCUT2D eigenvalue weighted by Crippen LogP contribution is -2.16. The zero-order chi connectivity index (χ0) is 21.4. The number of hydrogen-bond donors (Lipinski definition) is 1. The molecule has 0 bridgehead atoms. The molecule has 0 unspecified atom stereocenters. The number of para-hydroxylation sites is 1. The van der Waals surface area contributed by atoms with Crippen LogP contribution in [0.2, 0.25) is 0 Å². The number of carbonyl (C=O) groups is 1. The molecule has 7 nitrogen and oxygen atoms in total. The predicted molar refractivity (Wildman–Crippen MR) is 122 cm³/mol. The van der Waals surface area contributed by atoms with Crippen molar-refractivity contribution in [2.45, 2.75) is 32.7 Å². The highest BCUT2D eigenvalue weighted by atomic mass is 79.9. The van der Waals surface area contributed by atoms with E-state index in [0.717, 1.165) is 51.8 Å². The molecule has 2 heterocycles. The number of aromatic nitrogens is 5. The fourth-order valence-corrected chi connectivity index (χ4v) is 4.25. The van der Waals surface area contributed by atoms with E-state index in [4.69, 9.17) is 0 Å². The second kappa shape index (κ2) is 8.11. The summed E-state index contributed by atoms with van der Waals surface area (Å²) in [5, 5.41) is 11.9. The van der Waals surface area contributed by atoms with Crippen LogP contribution in [0.5, 0.6) is 0 Å². The highest BCUT2D eigenvalue weighted by Crippen LogP contribution is 2.29. The van der Waals surface area contributed by atoms with Crippen LogP contribution in [0.3, 0.4) is 0 Å². The van der Waals surface area contributed by atoms with E-state index in [0.29, 0.717) is 12.2 Å². The van der Waals surface area contributed by atoms with Crippen LogP contribution in [0.1, 0.15) is 39.3 Å². The molecule has 2 aromatic carbocycles. The van der Waals surface area contributed by atoms with Crippen molar-refractivity contribution in [2.75, 3.05) is 5.32 Å². The number of halogens is 1. The molecule has 4 aromatic rings. The van der Waals surface area contributed by atoms with Gasteiger partial charge in [-0.2, -0.15) is 5.10 Å². The molecule has 0 atom stereocenters. The number of hydrogen-bond acceptors (Lipinski definition) is 4. The van der Waals surface area contributed by atoms with E-state index < -0.39 is 0 Å². The van der Waals surface area contributed by atoms with Gasteiger partial charge in [0.1, 0.15) is 6.33 Å². The summed E-state index contributed by atoms with van der Waals surface area (Å²) in [4.78, 5) is 17.3. The second-order valence-corrected chi connectivity index (χ2v) is 8.59. The number of anilines is 1. The SMILES string of the molecule is Cc1ccccc1-n1nc(C(=O)Nc2ncn(Cc3ccc(Br)cc3)n2)c2c1CCC2. The van der Waals surface area contributed by atoms with E-state index in [1.54, 1.807) is 11.0 Å². The Bertz CT molecular complexity index is 1260. The van der Waals surface area contributed by atoms with Crippen LogP contribution in [0.25, 0.3) is 5.69 Å². The van der Waals surface area contributed by atoms with Crippen LogP contribution in [-0.4, -0.2) is 30.5 Å². The maximum absolute atomic E-state index is 13.0. The third kappa shape index (κ3) is 3.90. The first-order valence-electron chi connectivity index (χ1n) is 10.2. The van der Waals surface area contributed by atoms with Crippen LogP contribution >= 0.6 is 15.9 Å². The van der Waals surface area contributed by atoms with Gasteiger partial charge in [-0.3, -0.25) is 10.1 Å². The number of fused-ring (bicyclic) bond motifs is 1. The van der Waals surface area contributed by atoms with Gasteiger partial charge in [-0.25, -0.2) is 14.3 Å². The molecule has 0 radical (unpaired) electrons. The van der Waals surface area contributed by atoms with E-state index >= 15 is 0 Å². The largest absolute Gasteiger partial charge is 0.288 e. The Morgan fingerprint density at radius 3 is 2.71 bits per heavy atom. The molecule has 1 N–H and O–H groups in total. The summed E-state index contributed by atoms with van der Waals surface area (Å²) >= 11 is 3.44. The van der Waals surface area contributed by atoms with Crippen molar-refractivity contribution < 1.29 is 4.79 Å². The fourth-order valence-electron chi connectivity index (χ4n) is 3.99. The van der Waals surface area contributed by atoms with Gasteiger partial charge in [0.05, 0.1) is 12.2 Å². The van der Waals surface area contributed by atoms with Gasteiger partial charge in [0, 0.05) is 15.7 Å². The lowest BCUT2D eigenvalue weighted by Gasteiger charge is -2.08. The summed E-state index contributed by atoms with van der Waals surface area (Å²) in [6.45, 7) is 2.63. The molecule has 1 amide bonds. The molecule has 2 aromatic heterocycles. The zero-order valence-corrected chi connectivity index (χ0v) is 18.6. The molecular weight excluding hydrogens is 456 g/mol. The fraction of sp³-hybridized carbons (Fsp3) is 0.217. The van der Waals surface area contributed by atoms with Crippen molar-refractivity contribution in [3.63, 3.8) is 0 Å². The average molecular weight is 477 g/mol. The Kier molecular flexibility index (Phi) is 5.15. The van der Waals surface area contributed by atoms with Crippen LogP contribution in [0, 0.1) is 6.92 Å². The van der Waals surface area contributed by atoms with Gasteiger partial charge in [0.2, 0.25) is 5.95 Å².